The van der Waals surface area contributed by atoms with E-state index in [1.165, 1.54) is 23.8 Å². The summed E-state index contributed by atoms with van der Waals surface area (Å²) in [4.78, 5) is 25.8. The normalized spacial score (nSPS) is 17.8. The largest absolute Gasteiger partial charge is 0.497 e. The van der Waals surface area contributed by atoms with Crippen LogP contribution in [-0.4, -0.2) is 41.4 Å². The van der Waals surface area contributed by atoms with E-state index in [-0.39, 0.29) is 5.91 Å². The van der Waals surface area contributed by atoms with Crippen LogP contribution in [-0.2, 0) is 14.3 Å². The number of amides is 1. The predicted octanol–water partition coefficient (Wildman–Crippen LogP) is 2.46. The molecule has 1 aromatic rings. The van der Waals surface area contributed by atoms with Crippen molar-refractivity contribution in [3.63, 3.8) is 0 Å². The van der Waals surface area contributed by atoms with E-state index in [4.69, 9.17) is 17.0 Å². The van der Waals surface area contributed by atoms with Crippen molar-refractivity contribution in [2.24, 2.45) is 0 Å². The SMILES string of the molecule is COC(=O)C(C)N1C(=O)/C(=C\c2ccc(OC)cc2)SC1=S. The number of hydrogen-bond acceptors (Lipinski definition) is 6. The van der Waals surface area contributed by atoms with Gasteiger partial charge in [0.25, 0.3) is 5.91 Å². The monoisotopic (exact) mass is 337 g/mol. The number of ether oxygens (including phenoxy) is 2. The first-order valence-electron chi connectivity index (χ1n) is 6.47. The molecular formula is C15H15NO4S2. The molecule has 1 unspecified atom stereocenters. The molecule has 1 fully saturated rings. The Bertz CT molecular complexity index is 639. The van der Waals surface area contributed by atoms with Crippen molar-refractivity contribution < 1.29 is 19.1 Å². The molecule has 5 nitrogen and oxygen atoms in total. The smallest absolute Gasteiger partial charge is 0.328 e. The maximum atomic E-state index is 12.4. The Kier molecular flexibility index (Phi) is 5.20. The number of hydrogen-bond donors (Lipinski definition) is 0. The zero-order valence-electron chi connectivity index (χ0n) is 12.4. The minimum Gasteiger partial charge on any atom is -0.497 e. The van der Waals surface area contributed by atoms with Crippen LogP contribution in [0.1, 0.15) is 12.5 Å². The Labute approximate surface area is 138 Å². The molecule has 2 rings (SSSR count). The average molecular weight is 337 g/mol. The highest BCUT2D eigenvalue weighted by Gasteiger charge is 2.38. The number of nitrogens with zero attached hydrogens (tertiary/aromatic N) is 1. The number of carbonyl (C=O) groups is 2. The van der Waals surface area contributed by atoms with Crippen LogP contribution in [0.4, 0.5) is 0 Å². The first-order valence-corrected chi connectivity index (χ1v) is 7.69. The topological polar surface area (TPSA) is 55.8 Å². The van der Waals surface area contributed by atoms with Gasteiger partial charge in [-0.15, -0.1) is 0 Å². The van der Waals surface area contributed by atoms with E-state index in [1.807, 2.05) is 24.3 Å². The van der Waals surface area contributed by atoms with Crippen LogP contribution < -0.4 is 4.74 Å². The molecule has 1 aromatic carbocycles. The minimum absolute atomic E-state index is 0.288. The lowest BCUT2D eigenvalue weighted by molar-refractivity contribution is -0.147. The third-order valence-electron chi connectivity index (χ3n) is 3.17. The van der Waals surface area contributed by atoms with Gasteiger partial charge in [-0.05, 0) is 30.7 Å². The molecule has 0 spiro atoms. The van der Waals surface area contributed by atoms with Gasteiger partial charge in [0.05, 0.1) is 19.1 Å². The summed E-state index contributed by atoms with van der Waals surface area (Å²) in [6.45, 7) is 1.59. The molecule has 0 bridgehead atoms. The number of methoxy groups -OCH3 is 2. The molecule has 0 N–H and O–H groups in total. The lowest BCUT2D eigenvalue weighted by Crippen LogP contribution is -2.42. The van der Waals surface area contributed by atoms with Gasteiger partial charge in [0.1, 0.15) is 16.1 Å². The van der Waals surface area contributed by atoms with E-state index >= 15 is 0 Å². The molecule has 0 aliphatic carbocycles. The molecule has 1 saturated heterocycles. The summed E-state index contributed by atoms with van der Waals surface area (Å²) in [5, 5.41) is 0. The van der Waals surface area contributed by atoms with Crippen molar-refractivity contribution in [1.82, 2.24) is 4.90 Å². The standard InChI is InChI=1S/C15H15NO4S2/c1-9(14(18)20-3)16-13(17)12(22-15(16)21)8-10-4-6-11(19-2)7-5-10/h4-9H,1-3H3/b12-8+. The third kappa shape index (κ3) is 3.31. The van der Waals surface area contributed by atoms with Crippen LogP contribution >= 0.6 is 24.0 Å². The number of thioether (sulfide) groups is 1. The summed E-state index contributed by atoms with van der Waals surface area (Å²) in [5.41, 5.74) is 0.854. The molecule has 22 heavy (non-hydrogen) atoms. The number of carbonyl (C=O) groups excluding carboxylic acids is 2. The zero-order chi connectivity index (χ0) is 16.3. The summed E-state index contributed by atoms with van der Waals surface area (Å²) in [7, 11) is 2.87. The number of thiocarbonyl (C=S) groups is 1. The molecule has 1 amide bonds. The van der Waals surface area contributed by atoms with Gasteiger partial charge in [0, 0.05) is 0 Å². The summed E-state index contributed by atoms with van der Waals surface area (Å²) in [5.74, 6) is -0.0465. The van der Waals surface area contributed by atoms with Crippen LogP contribution in [0, 0.1) is 0 Å². The molecule has 1 aliphatic rings. The molecule has 1 atom stereocenters. The lowest BCUT2D eigenvalue weighted by atomic mass is 10.2. The molecule has 0 aromatic heterocycles. The van der Waals surface area contributed by atoms with E-state index in [2.05, 4.69) is 4.74 Å². The van der Waals surface area contributed by atoms with Gasteiger partial charge in [-0.2, -0.15) is 0 Å². The highest BCUT2D eigenvalue weighted by molar-refractivity contribution is 8.26. The van der Waals surface area contributed by atoms with Crippen molar-refractivity contribution in [3.8, 4) is 5.75 Å². The first kappa shape index (κ1) is 16.5. The third-order valence-corrected chi connectivity index (χ3v) is 4.50. The second-order valence-corrected chi connectivity index (χ2v) is 6.20. The van der Waals surface area contributed by atoms with Crippen LogP contribution in [0.15, 0.2) is 29.2 Å². The first-order chi connectivity index (χ1) is 10.5. The minimum atomic E-state index is -0.737. The van der Waals surface area contributed by atoms with Crippen LogP contribution in [0.25, 0.3) is 6.08 Å². The van der Waals surface area contributed by atoms with Crippen molar-refractivity contribution in [1.29, 1.82) is 0 Å². The van der Waals surface area contributed by atoms with Gasteiger partial charge in [-0.3, -0.25) is 9.69 Å². The quantitative estimate of drug-likeness (QED) is 0.478. The maximum absolute atomic E-state index is 12.4. The van der Waals surface area contributed by atoms with Gasteiger partial charge >= 0.3 is 5.97 Å². The van der Waals surface area contributed by atoms with Crippen molar-refractivity contribution in [2.75, 3.05) is 14.2 Å². The van der Waals surface area contributed by atoms with Gasteiger partial charge in [0.2, 0.25) is 0 Å². The molecule has 0 radical (unpaired) electrons. The summed E-state index contributed by atoms with van der Waals surface area (Å²) < 4.78 is 10.1. The van der Waals surface area contributed by atoms with Crippen LogP contribution in [0.2, 0.25) is 0 Å². The molecule has 116 valence electrons. The number of benzene rings is 1. The second kappa shape index (κ2) is 6.93. The second-order valence-electron chi connectivity index (χ2n) is 4.52. The van der Waals surface area contributed by atoms with Gasteiger partial charge in [-0.25, -0.2) is 4.79 Å². The fourth-order valence-electron chi connectivity index (χ4n) is 1.94. The number of esters is 1. The van der Waals surface area contributed by atoms with Gasteiger partial charge in [-0.1, -0.05) is 36.1 Å². The Morgan fingerprint density at radius 2 is 1.95 bits per heavy atom. The summed E-state index contributed by atoms with van der Waals surface area (Å²) >= 11 is 6.37. The molecule has 1 aliphatic heterocycles. The maximum Gasteiger partial charge on any atom is 0.328 e. The fourth-order valence-corrected chi connectivity index (χ4v) is 3.36. The Morgan fingerprint density at radius 1 is 1.32 bits per heavy atom. The molecular weight excluding hydrogens is 322 g/mol. The van der Waals surface area contributed by atoms with E-state index in [1.54, 1.807) is 20.1 Å². The van der Waals surface area contributed by atoms with E-state index in [0.29, 0.717) is 9.23 Å². The predicted molar refractivity (Wildman–Crippen MR) is 89.5 cm³/mol. The van der Waals surface area contributed by atoms with Crippen LogP contribution in [0.5, 0.6) is 5.75 Å². The Hall–Kier alpha value is -1.86. The highest BCUT2D eigenvalue weighted by Crippen LogP contribution is 2.34. The fraction of sp³-hybridized carbons (Fsp3) is 0.267. The Morgan fingerprint density at radius 3 is 2.50 bits per heavy atom. The molecule has 0 saturated carbocycles. The van der Waals surface area contributed by atoms with Crippen molar-refractivity contribution in [2.45, 2.75) is 13.0 Å². The van der Waals surface area contributed by atoms with Crippen molar-refractivity contribution >= 4 is 46.3 Å². The van der Waals surface area contributed by atoms with Gasteiger partial charge in [0.15, 0.2) is 0 Å². The summed E-state index contributed by atoms with van der Waals surface area (Å²) in [6, 6.07) is 6.57. The Balaban J connectivity index is 2.23. The lowest BCUT2D eigenvalue weighted by Gasteiger charge is -2.20. The van der Waals surface area contributed by atoms with E-state index < -0.39 is 12.0 Å². The van der Waals surface area contributed by atoms with Crippen molar-refractivity contribution in [3.05, 3.63) is 34.7 Å². The van der Waals surface area contributed by atoms with E-state index in [0.717, 1.165) is 11.3 Å². The zero-order valence-corrected chi connectivity index (χ0v) is 14.0. The van der Waals surface area contributed by atoms with Crippen LogP contribution in [0.3, 0.4) is 0 Å². The highest BCUT2D eigenvalue weighted by atomic mass is 32.2. The van der Waals surface area contributed by atoms with E-state index in [9.17, 15) is 9.59 Å². The average Bonchev–Trinajstić information content (AvgIpc) is 2.80. The molecule has 7 heteroatoms. The number of rotatable bonds is 4. The van der Waals surface area contributed by atoms with Gasteiger partial charge < -0.3 is 9.47 Å². The summed E-state index contributed by atoms with van der Waals surface area (Å²) in [6.07, 6.45) is 1.74. The molecule has 1 heterocycles.